The van der Waals surface area contributed by atoms with Gasteiger partial charge in [0.1, 0.15) is 0 Å². The van der Waals surface area contributed by atoms with Crippen molar-refractivity contribution in [2.24, 2.45) is 5.10 Å². The molecule has 2 aliphatic rings. The fourth-order valence-corrected chi connectivity index (χ4v) is 4.64. The first-order chi connectivity index (χ1) is 13.3. The van der Waals surface area contributed by atoms with E-state index in [0.29, 0.717) is 12.3 Å². The Labute approximate surface area is 166 Å². The number of thioether (sulfide) groups is 1. The quantitative estimate of drug-likeness (QED) is 0.716. The second kappa shape index (κ2) is 8.81. The lowest BCUT2D eigenvalue weighted by atomic mass is 10.1. The van der Waals surface area contributed by atoms with Crippen LogP contribution < -0.4 is 5.32 Å². The van der Waals surface area contributed by atoms with Gasteiger partial charge in [0.25, 0.3) is 5.91 Å². The average Bonchev–Trinajstić information content (AvgIpc) is 3.47. The Hall–Kier alpha value is -1.97. The summed E-state index contributed by atoms with van der Waals surface area (Å²) < 4.78 is 6.37. The molecule has 4 rings (SSSR count). The van der Waals surface area contributed by atoms with Crippen molar-refractivity contribution < 1.29 is 9.53 Å². The number of hydrogen-bond donors (Lipinski definition) is 1. The molecule has 1 saturated heterocycles. The lowest BCUT2D eigenvalue weighted by Crippen LogP contribution is -2.25. The molecule has 0 radical (unpaired) electrons. The molecular formula is C18H21N5O2S2. The van der Waals surface area contributed by atoms with Crippen LogP contribution in [0.3, 0.4) is 0 Å². The Morgan fingerprint density at radius 3 is 3.04 bits per heavy atom. The summed E-state index contributed by atoms with van der Waals surface area (Å²) in [5.41, 5.74) is 2.04. The first-order valence-corrected chi connectivity index (χ1v) is 10.8. The van der Waals surface area contributed by atoms with Crippen LogP contribution in [0.15, 0.2) is 39.8 Å². The highest BCUT2D eigenvalue weighted by atomic mass is 32.2. The summed E-state index contributed by atoms with van der Waals surface area (Å²) in [7, 11) is 0. The molecule has 0 unspecified atom stereocenters. The smallest absolute Gasteiger partial charge is 0.253 e. The van der Waals surface area contributed by atoms with Crippen molar-refractivity contribution in [3.05, 3.63) is 35.9 Å². The van der Waals surface area contributed by atoms with E-state index in [4.69, 9.17) is 4.74 Å². The maximum atomic E-state index is 12.4. The summed E-state index contributed by atoms with van der Waals surface area (Å²) in [5, 5.41) is 18.3. The van der Waals surface area contributed by atoms with Gasteiger partial charge < -0.3 is 10.1 Å². The van der Waals surface area contributed by atoms with E-state index in [1.807, 2.05) is 30.3 Å². The molecule has 1 aromatic carbocycles. The van der Waals surface area contributed by atoms with Gasteiger partial charge in [-0.15, -0.1) is 10.2 Å². The number of rotatable bonds is 7. The summed E-state index contributed by atoms with van der Waals surface area (Å²) >= 11 is 2.87. The van der Waals surface area contributed by atoms with Crippen LogP contribution in [0.1, 0.15) is 24.8 Å². The summed E-state index contributed by atoms with van der Waals surface area (Å²) in [5.74, 6) is 0.307. The molecular weight excluding hydrogens is 382 g/mol. The maximum Gasteiger partial charge on any atom is 0.253 e. The lowest BCUT2D eigenvalue weighted by Gasteiger charge is -2.10. The molecule has 0 saturated carbocycles. The van der Waals surface area contributed by atoms with Crippen molar-refractivity contribution in [3.63, 3.8) is 0 Å². The van der Waals surface area contributed by atoms with Crippen LogP contribution >= 0.6 is 23.1 Å². The molecule has 1 N–H and O–H groups in total. The Morgan fingerprint density at radius 2 is 2.22 bits per heavy atom. The van der Waals surface area contributed by atoms with Crippen LogP contribution in [0, 0.1) is 0 Å². The van der Waals surface area contributed by atoms with Crippen LogP contribution in [0.25, 0.3) is 0 Å². The van der Waals surface area contributed by atoms with Gasteiger partial charge in [0.15, 0.2) is 4.34 Å². The van der Waals surface area contributed by atoms with Crippen LogP contribution in [-0.2, 0) is 9.53 Å². The number of ether oxygens (including phenoxy) is 1. The molecule has 9 heteroatoms. The standard InChI is InChI=1S/C18H21N5O2S2/c24-16(23-9-8-15(22-23)13-5-2-1-3-6-13)12-26-18-21-20-17(27-18)19-11-14-7-4-10-25-14/h1-3,5-6,14H,4,7-12H2,(H,19,20)/t14-/m1/s1. The van der Waals surface area contributed by atoms with Crippen LogP contribution in [0.4, 0.5) is 5.13 Å². The van der Waals surface area contributed by atoms with E-state index in [0.717, 1.165) is 53.2 Å². The zero-order valence-electron chi connectivity index (χ0n) is 14.8. The minimum atomic E-state index is -0.00463. The number of amides is 1. The SMILES string of the molecule is O=C(CSc1nnc(NC[C@H]2CCCO2)s1)N1CCC(c2ccccc2)=N1. The highest BCUT2D eigenvalue weighted by Gasteiger charge is 2.22. The fraction of sp³-hybridized carbons (Fsp3) is 0.444. The third-order valence-corrected chi connectivity index (χ3v) is 6.43. The number of hydrazone groups is 1. The van der Waals surface area contributed by atoms with Crippen molar-refractivity contribution in [2.75, 3.05) is 30.8 Å². The number of benzene rings is 1. The lowest BCUT2D eigenvalue weighted by molar-refractivity contribution is -0.127. The molecule has 0 bridgehead atoms. The van der Waals surface area contributed by atoms with E-state index in [1.165, 1.54) is 23.1 Å². The molecule has 1 amide bonds. The number of hydrogen-bond acceptors (Lipinski definition) is 8. The molecule has 0 aliphatic carbocycles. The average molecular weight is 404 g/mol. The zero-order valence-corrected chi connectivity index (χ0v) is 16.5. The Bertz CT molecular complexity index is 805. The van der Waals surface area contributed by atoms with Gasteiger partial charge in [0.2, 0.25) is 5.13 Å². The van der Waals surface area contributed by atoms with E-state index < -0.39 is 0 Å². The van der Waals surface area contributed by atoms with E-state index in [1.54, 1.807) is 5.01 Å². The number of aromatic nitrogens is 2. The van der Waals surface area contributed by atoms with E-state index >= 15 is 0 Å². The number of carbonyl (C=O) groups excluding carboxylic acids is 1. The largest absolute Gasteiger partial charge is 0.376 e. The Balaban J connectivity index is 1.25. The molecule has 3 heterocycles. The minimum absolute atomic E-state index is 0.00463. The van der Waals surface area contributed by atoms with Crippen molar-refractivity contribution in [2.45, 2.75) is 29.7 Å². The highest BCUT2D eigenvalue weighted by Crippen LogP contribution is 2.26. The van der Waals surface area contributed by atoms with Crippen LogP contribution in [0.5, 0.6) is 0 Å². The highest BCUT2D eigenvalue weighted by molar-refractivity contribution is 8.01. The van der Waals surface area contributed by atoms with Crippen molar-refractivity contribution in [1.29, 1.82) is 0 Å². The molecule has 0 spiro atoms. The third kappa shape index (κ3) is 4.85. The normalized spacial score (nSPS) is 19.3. The summed E-state index contributed by atoms with van der Waals surface area (Å²) in [6.45, 7) is 2.23. The predicted molar refractivity (Wildman–Crippen MR) is 107 cm³/mol. The van der Waals surface area contributed by atoms with Crippen molar-refractivity contribution >= 4 is 39.8 Å². The van der Waals surface area contributed by atoms with E-state index in [2.05, 4.69) is 20.6 Å². The van der Waals surface area contributed by atoms with Gasteiger partial charge in [-0.2, -0.15) is 5.10 Å². The predicted octanol–water partition coefficient (Wildman–Crippen LogP) is 2.86. The molecule has 27 heavy (non-hydrogen) atoms. The van der Waals surface area contributed by atoms with Crippen molar-refractivity contribution in [1.82, 2.24) is 15.2 Å². The number of nitrogens with zero attached hydrogens (tertiary/aromatic N) is 4. The molecule has 2 aliphatic heterocycles. The summed E-state index contributed by atoms with van der Waals surface area (Å²) in [6, 6.07) is 9.99. The van der Waals surface area contributed by atoms with Crippen molar-refractivity contribution in [3.8, 4) is 0 Å². The minimum Gasteiger partial charge on any atom is -0.376 e. The van der Waals surface area contributed by atoms with E-state index in [9.17, 15) is 4.79 Å². The molecule has 1 atom stereocenters. The molecule has 1 aromatic heterocycles. The van der Waals surface area contributed by atoms with Crippen LogP contribution in [0.2, 0.25) is 0 Å². The number of anilines is 1. The van der Waals surface area contributed by atoms with Gasteiger partial charge >= 0.3 is 0 Å². The zero-order chi connectivity index (χ0) is 18.5. The fourth-order valence-electron chi connectivity index (χ4n) is 3.01. The Morgan fingerprint density at radius 1 is 1.33 bits per heavy atom. The number of carbonyl (C=O) groups is 1. The van der Waals surface area contributed by atoms with Gasteiger partial charge in [0, 0.05) is 19.6 Å². The van der Waals surface area contributed by atoms with Gasteiger partial charge in [-0.3, -0.25) is 4.79 Å². The summed E-state index contributed by atoms with van der Waals surface area (Å²) in [6.07, 6.45) is 3.26. The second-order valence-corrected chi connectivity index (χ2v) is 8.56. The maximum absolute atomic E-state index is 12.4. The topological polar surface area (TPSA) is 79.7 Å². The Kier molecular flexibility index (Phi) is 6.00. The van der Waals surface area contributed by atoms with Gasteiger partial charge in [0.05, 0.1) is 24.1 Å². The van der Waals surface area contributed by atoms with Gasteiger partial charge in [-0.1, -0.05) is 53.4 Å². The molecule has 2 aromatic rings. The first kappa shape index (κ1) is 18.4. The third-order valence-electron chi connectivity index (χ3n) is 4.43. The summed E-state index contributed by atoms with van der Waals surface area (Å²) in [4.78, 5) is 12.4. The molecule has 7 nitrogen and oxygen atoms in total. The van der Waals surface area contributed by atoms with Gasteiger partial charge in [-0.05, 0) is 18.4 Å². The number of nitrogens with one attached hydrogen (secondary N) is 1. The molecule has 1 fully saturated rings. The van der Waals surface area contributed by atoms with E-state index in [-0.39, 0.29) is 12.0 Å². The second-order valence-electron chi connectivity index (χ2n) is 6.36. The molecule has 142 valence electrons. The van der Waals surface area contributed by atoms with Crippen LogP contribution in [-0.4, -0.2) is 58.4 Å². The first-order valence-electron chi connectivity index (χ1n) is 9.03. The monoisotopic (exact) mass is 403 g/mol. The van der Waals surface area contributed by atoms with Gasteiger partial charge in [-0.25, -0.2) is 5.01 Å².